The average Bonchev–Trinajstić information content (AvgIpc) is 2.89. The highest BCUT2D eigenvalue weighted by Gasteiger charge is 2.20. The normalized spacial score (nSPS) is 15.8. The van der Waals surface area contributed by atoms with Gasteiger partial charge in [-0.1, -0.05) is 0 Å². The molecule has 106 valence electrons. The van der Waals surface area contributed by atoms with E-state index in [0.29, 0.717) is 0 Å². The van der Waals surface area contributed by atoms with Gasteiger partial charge < -0.3 is 9.80 Å². The molecule has 3 heterocycles. The first-order valence-electron chi connectivity index (χ1n) is 6.86. The molecule has 0 atom stereocenters. The largest absolute Gasteiger partial charge is 0.352 e. The fourth-order valence-corrected chi connectivity index (χ4v) is 3.16. The molecule has 0 aliphatic carbocycles. The van der Waals surface area contributed by atoms with Crippen LogP contribution >= 0.6 is 11.3 Å². The Kier molecular flexibility index (Phi) is 3.56. The SMILES string of the molecule is Cc1csc(N2CCN(c3cc(C)c(C)nn3)CC2)n1. The van der Waals surface area contributed by atoms with Gasteiger partial charge in [0.25, 0.3) is 0 Å². The van der Waals surface area contributed by atoms with Crippen molar-refractivity contribution in [3.8, 4) is 0 Å². The third-order valence-corrected chi connectivity index (χ3v) is 4.72. The second-order valence-electron chi connectivity index (χ2n) is 5.22. The third-order valence-electron chi connectivity index (χ3n) is 3.70. The molecule has 0 N–H and O–H groups in total. The fraction of sp³-hybridized carbons (Fsp3) is 0.500. The number of rotatable bonds is 2. The first kappa shape index (κ1) is 13.3. The number of thiazole rings is 1. The Bertz CT molecular complexity index is 601. The molecule has 20 heavy (non-hydrogen) atoms. The van der Waals surface area contributed by atoms with E-state index in [0.717, 1.165) is 48.5 Å². The van der Waals surface area contributed by atoms with Crippen molar-refractivity contribution in [1.29, 1.82) is 0 Å². The van der Waals surface area contributed by atoms with Crippen LogP contribution in [0.5, 0.6) is 0 Å². The van der Waals surface area contributed by atoms with Crippen LogP contribution in [0.2, 0.25) is 0 Å². The van der Waals surface area contributed by atoms with E-state index in [1.807, 2.05) is 13.8 Å². The number of hydrogen-bond acceptors (Lipinski definition) is 6. The van der Waals surface area contributed by atoms with Crippen molar-refractivity contribution in [1.82, 2.24) is 15.2 Å². The molecule has 0 spiro atoms. The van der Waals surface area contributed by atoms with Crippen LogP contribution in [-0.4, -0.2) is 41.4 Å². The van der Waals surface area contributed by atoms with Crippen LogP contribution in [0, 0.1) is 20.8 Å². The highest BCUT2D eigenvalue weighted by Crippen LogP contribution is 2.23. The van der Waals surface area contributed by atoms with Crippen LogP contribution in [0.4, 0.5) is 10.9 Å². The van der Waals surface area contributed by atoms with Crippen molar-refractivity contribution < 1.29 is 0 Å². The summed E-state index contributed by atoms with van der Waals surface area (Å²) >= 11 is 1.73. The quantitative estimate of drug-likeness (QED) is 0.848. The van der Waals surface area contributed by atoms with E-state index < -0.39 is 0 Å². The highest BCUT2D eigenvalue weighted by atomic mass is 32.1. The number of anilines is 2. The molecule has 3 rings (SSSR count). The van der Waals surface area contributed by atoms with E-state index in [1.165, 1.54) is 5.56 Å². The van der Waals surface area contributed by atoms with Gasteiger partial charge >= 0.3 is 0 Å². The maximum absolute atomic E-state index is 4.56. The van der Waals surface area contributed by atoms with Crippen LogP contribution in [0.1, 0.15) is 17.0 Å². The lowest BCUT2D eigenvalue weighted by Crippen LogP contribution is -2.47. The summed E-state index contributed by atoms with van der Waals surface area (Å²) in [5, 5.41) is 11.8. The summed E-state index contributed by atoms with van der Waals surface area (Å²) in [6, 6.07) is 2.13. The smallest absolute Gasteiger partial charge is 0.185 e. The molecule has 2 aromatic rings. The average molecular weight is 289 g/mol. The number of piperazine rings is 1. The van der Waals surface area contributed by atoms with E-state index in [1.54, 1.807) is 11.3 Å². The number of nitrogens with zero attached hydrogens (tertiary/aromatic N) is 5. The van der Waals surface area contributed by atoms with Crippen LogP contribution in [0.3, 0.4) is 0 Å². The van der Waals surface area contributed by atoms with Gasteiger partial charge in [-0.3, -0.25) is 0 Å². The molecule has 5 nitrogen and oxygen atoms in total. The van der Waals surface area contributed by atoms with Gasteiger partial charge in [0.15, 0.2) is 10.9 Å². The molecular weight excluding hydrogens is 270 g/mol. The number of aryl methyl sites for hydroxylation is 3. The molecule has 1 saturated heterocycles. The van der Waals surface area contributed by atoms with Crippen LogP contribution in [-0.2, 0) is 0 Å². The van der Waals surface area contributed by atoms with E-state index in [2.05, 4.69) is 43.4 Å². The minimum atomic E-state index is 0.968. The Morgan fingerprint density at radius 1 is 1.00 bits per heavy atom. The van der Waals surface area contributed by atoms with Gasteiger partial charge in [-0.25, -0.2) is 4.98 Å². The second-order valence-corrected chi connectivity index (χ2v) is 6.05. The van der Waals surface area contributed by atoms with Crippen molar-refractivity contribution in [2.24, 2.45) is 0 Å². The van der Waals surface area contributed by atoms with E-state index in [9.17, 15) is 0 Å². The van der Waals surface area contributed by atoms with Crippen molar-refractivity contribution >= 4 is 22.3 Å². The van der Waals surface area contributed by atoms with Crippen molar-refractivity contribution in [2.45, 2.75) is 20.8 Å². The molecule has 1 aliphatic rings. The number of aromatic nitrogens is 3. The molecule has 1 aliphatic heterocycles. The molecule has 2 aromatic heterocycles. The Balaban J connectivity index is 1.67. The molecule has 0 amide bonds. The predicted octanol–water partition coefficient (Wildman–Crippen LogP) is 2.18. The van der Waals surface area contributed by atoms with Gasteiger partial charge in [0.1, 0.15) is 0 Å². The van der Waals surface area contributed by atoms with Crippen molar-refractivity contribution in [2.75, 3.05) is 36.0 Å². The zero-order valence-electron chi connectivity index (χ0n) is 12.1. The number of hydrogen-bond donors (Lipinski definition) is 0. The lowest BCUT2D eigenvalue weighted by Gasteiger charge is -2.35. The maximum atomic E-state index is 4.56. The molecule has 0 saturated carbocycles. The summed E-state index contributed by atoms with van der Waals surface area (Å²) in [5.74, 6) is 0.989. The Morgan fingerprint density at radius 2 is 1.70 bits per heavy atom. The van der Waals surface area contributed by atoms with Gasteiger partial charge in [-0.05, 0) is 32.4 Å². The van der Waals surface area contributed by atoms with E-state index in [-0.39, 0.29) is 0 Å². The van der Waals surface area contributed by atoms with Gasteiger partial charge in [0, 0.05) is 31.6 Å². The minimum absolute atomic E-state index is 0.968. The molecule has 0 unspecified atom stereocenters. The summed E-state index contributed by atoms with van der Waals surface area (Å²) in [7, 11) is 0. The lowest BCUT2D eigenvalue weighted by atomic mass is 10.2. The molecule has 0 aromatic carbocycles. The van der Waals surface area contributed by atoms with Crippen LogP contribution in [0.25, 0.3) is 0 Å². The van der Waals surface area contributed by atoms with Gasteiger partial charge in [-0.15, -0.1) is 16.4 Å². The van der Waals surface area contributed by atoms with Crippen LogP contribution < -0.4 is 9.80 Å². The maximum Gasteiger partial charge on any atom is 0.185 e. The van der Waals surface area contributed by atoms with Crippen molar-refractivity contribution in [3.63, 3.8) is 0 Å². The van der Waals surface area contributed by atoms with E-state index >= 15 is 0 Å². The predicted molar refractivity (Wildman–Crippen MR) is 82.8 cm³/mol. The molecule has 1 fully saturated rings. The standard InChI is InChI=1S/C14H19N5S/c1-10-8-13(17-16-12(10)3)18-4-6-19(7-5-18)14-15-11(2)9-20-14/h8-9H,4-7H2,1-3H3. The van der Waals surface area contributed by atoms with Gasteiger partial charge in [-0.2, -0.15) is 5.10 Å². The van der Waals surface area contributed by atoms with Gasteiger partial charge in [0.05, 0.1) is 11.4 Å². The molecular formula is C14H19N5S. The van der Waals surface area contributed by atoms with Gasteiger partial charge in [0.2, 0.25) is 0 Å². The van der Waals surface area contributed by atoms with E-state index in [4.69, 9.17) is 0 Å². The Morgan fingerprint density at radius 3 is 2.30 bits per heavy atom. The lowest BCUT2D eigenvalue weighted by molar-refractivity contribution is 0.641. The summed E-state index contributed by atoms with van der Waals surface area (Å²) in [4.78, 5) is 9.21. The van der Waals surface area contributed by atoms with Crippen molar-refractivity contribution in [3.05, 3.63) is 28.4 Å². The summed E-state index contributed by atoms with van der Waals surface area (Å²) in [5.41, 5.74) is 3.31. The zero-order chi connectivity index (χ0) is 14.1. The third kappa shape index (κ3) is 2.60. The topological polar surface area (TPSA) is 45.2 Å². The minimum Gasteiger partial charge on any atom is -0.352 e. The monoisotopic (exact) mass is 289 g/mol. The summed E-state index contributed by atoms with van der Waals surface area (Å²) in [6.45, 7) is 10.0. The Labute approximate surface area is 123 Å². The van der Waals surface area contributed by atoms with Crippen LogP contribution in [0.15, 0.2) is 11.4 Å². The summed E-state index contributed by atoms with van der Waals surface area (Å²) in [6.07, 6.45) is 0. The first-order chi connectivity index (χ1) is 9.63. The second kappa shape index (κ2) is 5.36. The molecule has 6 heteroatoms. The first-order valence-corrected chi connectivity index (χ1v) is 7.74. The highest BCUT2D eigenvalue weighted by molar-refractivity contribution is 7.13. The molecule has 0 bridgehead atoms. The Hall–Kier alpha value is -1.69. The summed E-state index contributed by atoms with van der Waals surface area (Å²) < 4.78 is 0. The molecule has 0 radical (unpaired) electrons. The fourth-order valence-electron chi connectivity index (χ4n) is 2.30. The zero-order valence-corrected chi connectivity index (χ0v) is 12.9.